The molecule has 1 unspecified atom stereocenters. The molecule has 0 bridgehead atoms. The van der Waals surface area contributed by atoms with Crippen molar-refractivity contribution in [3.63, 3.8) is 0 Å². The van der Waals surface area contributed by atoms with Crippen LogP contribution in [0.5, 0.6) is 5.75 Å². The Hall–Kier alpha value is -1.92. The van der Waals surface area contributed by atoms with Gasteiger partial charge in [-0.15, -0.1) is 0 Å². The molecule has 0 amide bonds. The number of para-hydroxylation sites is 1. The summed E-state index contributed by atoms with van der Waals surface area (Å²) < 4.78 is 7.29. The summed E-state index contributed by atoms with van der Waals surface area (Å²) in [6.07, 6.45) is 2.22. The van der Waals surface area contributed by atoms with Gasteiger partial charge in [-0.3, -0.25) is 11.3 Å². The minimum Gasteiger partial charge on any atom is -0.496 e. The van der Waals surface area contributed by atoms with Crippen molar-refractivity contribution in [1.82, 2.24) is 20.2 Å². The fourth-order valence-electron chi connectivity index (χ4n) is 2.25. The minimum atomic E-state index is -0.0761. The smallest absolute Gasteiger partial charge is 0.138 e. The van der Waals surface area contributed by atoms with Crippen molar-refractivity contribution in [2.45, 2.75) is 32.4 Å². The molecule has 1 heterocycles. The third kappa shape index (κ3) is 2.97. The summed E-state index contributed by atoms with van der Waals surface area (Å²) in [6, 6.07) is 8.02. The second-order valence-corrected chi connectivity index (χ2v) is 4.88. The third-order valence-electron chi connectivity index (χ3n) is 3.24. The lowest BCUT2D eigenvalue weighted by Gasteiger charge is -2.19. The molecule has 0 radical (unpaired) electrons. The van der Waals surface area contributed by atoms with E-state index < -0.39 is 0 Å². The standard InChI is InChI=1S/C14H21N5O/c1-10(2)19-14(16-9-17-19)8-12(18-15)11-6-4-5-7-13(11)20-3/h4-7,9-10,12,18H,8,15H2,1-3H3. The largest absolute Gasteiger partial charge is 0.496 e. The number of aromatic nitrogens is 3. The first kappa shape index (κ1) is 14.5. The van der Waals surface area contributed by atoms with Gasteiger partial charge >= 0.3 is 0 Å². The zero-order valence-electron chi connectivity index (χ0n) is 12.1. The summed E-state index contributed by atoms with van der Waals surface area (Å²) in [5.74, 6) is 7.42. The number of methoxy groups -OCH3 is 1. The van der Waals surface area contributed by atoms with E-state index in [4.69, 9.17) is 10.6 Å². The first-order chi connectivity index (χ1) is 9.67. The highest BCUT2D eigenvalue weighted by molar-refractivity contribution is 5.36. The molecule has 1 aromatic heterocycles. The number of rotatable bonds is 6. The molecule has 0 aliphatic carbocycles. The Labute approximate surface area is 118 Å². The second kappa shape index (κ2) is 6.49. The van der Waals surface area contributed by atoms with Crippen LogP contribution in [0.15, 0.2) is 30.6 Å². The van der Waals surface area contributed by atoms with E-state index in [0.717, 1.165) is 17.1 Å². The fraction of sp³-hybridized carbons (Fsp3) is 0.429. The van der Waals surface area contributed by atoms with Gasteiger partial charge in [-0.25, -0.2) is 9.67 Å². The van der Waals surface area contributed by atoms with E-state index in [1.165, 1.54) is 0 Å². The summed E-state index contributed by atoms with van der Waals surface area (Å²) >= 11 is 0. The molecular weight excluding hydrogens is 254 g/mol. The molecule has 0 saturated heterocycles. The van der Waals surface area contributed by atoms with Crippen LogP contribution in [0, 0.1) is 0 Å². The first-order valence-electron chi connectivity index (χ1n) is 6.64. The van der Waals surface area contributed by atoms with Gasteiger partial charge < -0.3 is 4.74 Å². The topological polar surface area (TPSA) is 78.0 Å². The zero-order valence-corrected chi connectivity index (χ0v) is 12.1. The number of hydrazine groups is 1. The molecule has 108 valence electrons. The fourth-order valence-corrected chi connectivity index (χ4v) is 2.25. The molecule has 1 atom stereocenters. The van der Waals surface area contributed by atoms with Gasteiger partial charge in [0.1, 0.15) is 17.9 Å². The van der Waals surface area contributed by atoms with Gasteiger partial charge in [0.2, 0.25) is 0 Å². The summed E-state index contributed by atoms with van der Waals surface area (Å²) in [5.41, 5.74) is 3.85. The van der Waals surface area contributed by atoms with Gasteiger partial charge in [0.05, 0.1) is 13.2 Å². The number of ether oxygens (including phenoxy) is 1. The Balaban J connectivity index is 2.27. The zero-order chi connectivity index (χ0) is 14.5. The molecule has 0 aliphatic rings. The molecule has 0 saturated carbocycles. The molecule has 6 nitrogen and oxygen atoms in total. The van der Waals surface area contributed by atoms with Crippen molar-refractivity contribution in [3.05, 3.63) is 42.0 Å². The van der Waals surface area contributed by atoms with Crippen molar-refractivity contribution in [1.29, 1.82) is 0 Å². The number of benzene rings is 1. The van der Waals surface area contributed by atoms with E-state index in [2.05, 4.69) is 29.4 Å². The summed E-state index contributed by atoms with van der Waals surface area (Å²) in [4.78, 5) is 4.32. The van der Waals surface area contributed by atoms with Gasteiger partial charge in [0.25, 0.3) is 0 Å². The molecular formula is C14H21N5O. The number of nitrogens with one attached hydrogen (secondary N) is 1. The van der Waals surface area contributed by atoms with Crippen molar-refractivity contribution in [2.24, 2.45) is 5.84 Å². The van der Waals surface area contributed by atoms with Crippen LogP contribution >= 0.6 is 0 Å². The Kier molecular flexibility index (Phi) is 4.70. The molecule has 2 aromatic rings. The highest BCUT2D eigenvalue weighted by atomic mass is 16.5. The second-order valence-electron chi connectivity index (χ2n) is 4.88. The van der Waals surface area contributed by atoms with Gasteiger partial charge in [0, 0.05) is 18.0 Å². The van der Waals surface area contributed by atoms with Gasteiger partial charge in [0.15, 0.2) is 0 Å². The lowest BCUT2D eigenvalue weighted by atomic mass is 10.0. The summed E-state index contributed by atoms with van der Waals surface area (Å²) in [6.45, 7) is 4.15. The Morgan fingerprint density at radius 1 is 1.35 bits per heavy atom. The predicted octanol–water partition coefficient (Wildman–Crippen LogP) is 1.61. The number of nitrogens with two attached hydrogens (primary N) is 1. The van der Waals surface area contributed by atoms with Crippen LogP contribution in [0.4, 0.5) is 0 Å². The molecule has 3 N–H and O–H groups in total. The van der Waals surface area contributed by atoms with Crippen molar-refractivity contribution < 1.29 is 4.74 Å². The minimum absolute atomic E-state index is 0.0761. The van der Waals surface area contributed by atoms with Crippen molar-refractivity contribution >= 4 is 0 Å². The SMILES string of the molecule is COc1ccccc1C(Cc1ncnn1C(C)C)NN. The van der Waals surface area contributed by atoms with Crippen LogP contribution in [-0.4, -0.2) is 21.9 Å². The van der Waals surface area contributed by atoms with Crippen molar-refractivity contribution in [2.75, 3.05) is 7.11 Å². The molecule has 2 rings (SSSR count). The average molecular weight is 275 g/mol. The number of nitrogens with zero attached hydrogens (tertiary/aromatic N) is 3. The quantitative estimate of drug-likeness (QED) is 0.618. The van der Waals surface area contributed by atoms with E-state index >= 15 is 0 Å². The Bertz CT molecular complexity index is 552. The van der Waals surface area contributed by atoms with E-state index in [0.29, 0.717) is 6.42 Å². The molecule has 20 heavy (non-hydrogen) atoms. The predicted molar refractivity (Wildman–Crippen MR) is 77.2 cm³/mol. The molecule has 0 fully saturated rings. The van der Waals surface area contributed by atoms with Gasteiger partial charge in [-0.05, 0) is 19.9 Å². The van der Waals surface area contributed by atoms with E-state index in [9.17, 15) is 0 Å². The van der Waals surface area contributed by atoms with Crippen LogP contribution in [0.1, 0.15) is 37.3 Å². The van der Waals surface area contributed by atoms with E-state index in [-0.39, 0.29) is 12.1 Å². The van der Waals surface area contributed by atoms with E-state index in [1.54, 1.807) is 13.4 Å². The summed E-state index contributed by atoms with van der Waals surface area (Å²) in [7, 11) is 1.66. The number of hydrogen-bond acceptors (Lipinski definition) is 5. The lowest BCUT2D eigenvalue weighted by molar-refractivity contribution is 0.395. The highest BCUT2D eigenvalue weighted by Crippen LogP contribution is 2.26. The normalized spacial score (nSPS) is 12.7. The van der Waals surface area contributed by atoms with Crippen LogP contribution in [0.3, 0.4) is 0 Å². The first-order valence-corrected chi connectivity index (χ1v) is 6.64. The van der Waals surface area contributed by atoms with Gasteiger partial charge in [-0.2, -0.15) is 5.10 Å². The molecule has 0 aliphatic heterocycles. The monoisotopic (exact) mass is 275 g/mol. The Morgan fingerprint density at radius 2 is 2.10 bits per heavy atom. The summed E-state index contributed by atoms with van der Waals surface area (Å²) in [5, 5.41) is 4.25. The Morgan fingerprint density at radius 3 is 2.75 bits per heavy atom. The maximum atomic E-state index is 5.71. The van der Waals surface area contributed by atoms with Crippen molar-refractivity contribution in [3.8, 4) is 5.75 Å². The third-order valence-corrected chi connectivity index (χ3v) is 3.24. The lowest BCUT2D eigenvalue weighted by Crippen LogP contribution is -2.31. The molecule has 1 aromatic carbocycles. The molecule has 0 spiro atoms. The van der Waals surface area contributed by atoms with E-state index in [1.807, 2.05) is 28.9 Å². The molecule has 6 heteroatoms. The maximum Gasteiger partial charge on any atom is 0.138 e. The van der Waals surface area contributed by atoms with Crippen LogP contribution in [0.2, 0.25) is 0 Å². The average Bonchev–Trinajstić information content (AvgIpc) is 2.93. The number of hydrogen-bond donors (Lipinski definition) is 2. The van der Waals surface area contributed by atoms with Crippen LogP contribution in [0.25, 0.3) is 0 Å². The van der Waals surface area contributed by atoms with Crippen LogP contribution < -0.4 is 16.0 Å². The highest BCUT2D eigenvalue weighted by Gasteiger charge is 2.18. The maximum absolute atomic E-state index is 5.71. The van der Waals surface area contributed by atoms with Gasteiger partial charge in [-0.1, -0.05) is 18.2 Å². The van der Waals surface area contributed by atoms with Crippen LogP contribution in [-0.2, 0) is 6.42 Å².